The average Bonchev–Trinajstić information content (AvgIpc) is 2.43. The van der Waals surface area contributed by atoms with Crippen molar-refractivity contribution in [1.82, 2.24) is 0 Å². The summed E-state index contributed by atoms with van der Waals surface area (Å²) in [6, 6.07) is 16.4. The molecule has 1 atom stereocenters. The molecule has 0 aliphatic heterocycles. The van der Waals surface area contributed by atoms with Crippen LogP contribution in [0.25, 0.3) is 0 Å². The molecule has 106 valence electrons. The molecular weight excluding hydrogens is 334 g/mol. The number of nitrogens with one attached hydrogen (secondary N) is 1. The quantitative estimate of drug-likeness (QED) is 0.700. The van der Waals surface area contributed by atoms with E-state index in [1.165, 1.54) is 5.56 Å². The van der Waals surface area contributed by atoms with Crippen LogP contribution in [0.1, 0.15) is 25.3 Å². The topological polar surface area (TPSA) is 12.0 Å². The van der Waals surface area contributed by atoms with Gasteiger partial charge in [0.05, 0.1) is 0 Å². The standard InChI is InChI=1S/C17H19BrClN/c1-12(2)15(13-6-4-3-5-7-13)11-20-17-10-14(19)8-9-16(17)18/h3-10,12,15,20H,11H2,1-2H3. The smallest absolute Gasteiger partial charge is 0.0499 e. The Labute approximate surface area is 134 Å². The Kier molecular flexibility index (Phi) is 5.50. The minimum Gasteiger partial charge on any atom is -0.383 e. The van der Waals surface area contributed by atoms with Crippen LogP contribution in [-0.4, -0.2) is 6.54 Å². The Morgan fingerprint density at radius 2 is 1.80 bits per heavy atom. The monoisotopic (exact) mass is 351 g/mol. The molecule has 0 bridgehead atoms. The summed E-state index contributed by atoms with van der Waals surface area (Å²) in [5.74, 6) is 1.05. The maximum Gasteiger partial charge on any atom is 0.0499 e. The third-order valence-electron chi connectivity index (χ3n) is 3.47. The minimum absolute atomic E-state index is 0.474. The van der Waals surface area contributed by atoms with Crippen LogP contribution in [0.5, 0.6) is 0 Å². The van der Waals surface area contributed by atoms with E-state index in [0.717, 1.165) is 21.7 Å². The van der Waals surface area contributed by atoms with Crippen molar-refractivity contribution < 1.29 is 0 Å². The highest BCUT2D eigenvalue weighted by molar-refractivity contribution is 9.10. The van der Waals surface area contributed by atoms with E-state index in [9.17, 15) is 0 Å². The molecule has 2 aromatic rings. The summed E-state index contributed by atoms with van der Waals surface area (Å²) in [5, 5.41) is 4.25. The van der Waals surface area contributed by atoms with Crippen LogP contribution in [0.3, 0.4) is 0 Å². The van der Waals surface area contributed by atoms with Crippen molar-refractivity contribution in [2.75, 3.05) is 11.9 Å². The normalized spacial score (nSPS) is 12.4. The summed E-state index contributed by atoms with van der Waals surface area (Å²) >= 11 is 9.60. The molecule has 20 heavy (non-hydrogen) atoms. The number of benzene rings is 2. The Balaban J connectivity index is 2.12. The summed E-state index contributed by atoms with van der Waals surface area (Å²) in [7, 11) is 0. The lowest BCUT2D eigenvalue weighted by molar-refractivity contribution is 0.517. The summed E-state index contributed by atoms with van der Waals surface area (Å²) in [6.07, 6.45) is 0. The Morgan fingerprint density at radius 1 is 1.10 bits per heavy atom. The van der Waals surface area contributed by atoms with E-state index < -0.39 is 0 Å². The Bertz CT molecular complexity index is 554. The molecule has 0 saturated carbocycles. The Hall–Kier alpha value is -0.990. The van der Waals surface area contributed by atoms with Crippen LogP contribution in [-0.2, 0) is 0 Å². The molecule has 0 aromatic heterocycles. The van der Waals surface area contributed by atoms with Gasteiger partial charge in [-0.15, -0.1) is 0 Å². The predicted molar refractivity (Wildman–Crippen MR) is 91.7 cm³/mol. The first-order valence-electron chi connectivity index (χ1n) is 6.82. The fourth-order valence-corrected chi connectivity index (χ4v) is 2.85. The van der Waals surface area contributed by atoms with E-state index in [4.69, 9.17) is 11.6 Å². The van der Waals surface area contributed by atoms with Gasteiger partial charge < -0.3 is 5.32 Å². The van der Waals surface area contributed by atoms with Crippen molar-refractivity contribution in [2.45, 2.75) is 19.8 Å². The summed E-state index contributed by atoms with van der Waals surface area (Å²) < 4.78 is 1.04. The van der Waals surface area contributed by atoms with Gasteiger partial charge in [-0.1, -0.05) is 55.8 Å². The van der Waals surface area contributed by atoms with Crippen LogP contribution in [0, 0.1) is 5.92 Å². The summed E-state index contributed by atoms with van der Waals surface area (Å²) in [5.41, 5.74) is 2.41. The number of anilines is 1. The number of hydrogen-bond acceptors (Lipinski definition) is 1. The van der Waals surface area contributed by atoms with E-state index >= 15 is 0 Å². The SMILES string of the molecule is CC(C)C(CNc1cc(Cl)ccc1Br)c1ccccc1. The third-order valence-corrected chi connectivity index (χ3v) is 4.40. The molecule has 0 amide bonds. The zero-order chi connectivity index (χ0) is 14.5. The fourth-order valence-electron chi connectivity index (χ4n) is 2.29. The highest BCUT2D eigenvalue weighted by Gasteiger charge is 2.15. The molecule has 1 unspecified atom stereocenters. The average molecular weight is 353 g/mol. The molecular formula is C17H19BrClN. The molecule has 1 nitrogen and oxygen atoms in total. The first-order chi connectivity index (χ1) is 9.58. The second-order valence-electron chi connectivity index (χ2n) is 5.27. The van der Waals surface area contributed by atoms with Gasteiger partial charge in [0.1, 0.15) is 0 Å². The molecule has 1 N–H and O–H groups in total. The highest BCUT2D eigenvalue weighted by atomic mass is 79.9. The molecule has 0 radical (unpaired) electrons. The van der Waals surface area contributed by atoms with Crippen molar-refractivity contribution in [3.05, 3.63) is 63.6 Å². The van der Waals surface area contributed by atoms with Gasteiger partial charge >= 0.3 is 0 Å². The van der Waals surface area contributed by atoms with Gasteiger partial charge in [0.2, 0.25) is 0 Å². The molecule has 0 aliphatic rings. The first kappa shape index (κ1) is 15.4. The molecule has 2 aromatic carbocycles. The van der Waals surface area contributed by atoms with Gasteiger partial charge in [0.15, 0.2) is 0 Å². The van der Waals surface area contributed by atoms with E-state index in [-0.39, 0.29) is 0 Å². The fraction of sp³-hybridized carbons (Fsp3) is 0.294. The second kappa shape index (κ2) is 7.14. The van der Waals surface area contributed by atoms with E-state index in [1.54, 1.807) is 0 Å². The van der Waals surface area contributed by atoms with Crippen LogP contribution in [0.15, 0.2) is 53.0 Å². The van der Waals surface area contributed by atoms with Gasteiger partial charge in [-0.2, -0.15) is 0 Å². The lowest BCUT2D eigenvalue weighted by Gasteiger charge is -2.23. The van der Waals surface area contributed by atoms with Gasteiger partial charge in [-0.25, -0.2) is 0 Å². The second-order valence-corrected chi connectivity index (χ2v) is 6.56. The van der Waals surface area contributed by atoms with Crippen LogP contribution >= 0.6 is 27.5 Å². The van der Waals surface area contributed by atoms with Gasteiger partial charge in [-0.3, -0.25) is 0 Å². The van der Waals surface area contributed by atoms with Crippen LogP contribution in [0.4, 0.5) is 5.69 Å². The van der Waals surface area contributed by atoms with Crippen molar-refractivity contribution in [3.63, 3.8) is 0 Å². The zero-order valence-electron chi connectivity index (χ0n) is 11.7. The highest BCUT2D eigenvalue weighted by Crippen LogP contribution is 2.29. The van der Waals surface area contributed by atoms with Gasteiger partial charge in [0, 0.05) is 27.6 Å². The zero-order valence-corrected chi connectivity index (χ0v) is 14.1. The Morgan fingerprint density at radius 3 is 2.45 bits per heavy atom. The predicted octanol–water partition coefficient (Wildman–Crippen LogP) is 5.95. The minimum atomic E-state index is 0.474. The molecule has 0 heterocycles. The molecule has 3 heteroatoms. The van der Waals surface area contributed by atoms with Gasteiger partial charge in [0.25, 0.3) is 0 Å². The van der Waals surface area contributed by atoms with Crippen LogP contribution < -0.4 is 5.32 Å². The molecule has 2 rings (SSSR count). The molecule has 0 aliphatic carbocycles. The largest absolute Gasteiger partial charge is 0.383 e. The molecule has 0 spiro atoms. The summed E-state index contributed by atoms with van der Waals surface area (Å²) in [6.45, 7) is 5.40. The van der Waals surface area contributed by atoms with Crippen molar-refractivity contribution in [1.29, 1.82) is 0 Å². The lowest BCUT2D eigenvalue weighted by atomic mass is 9.88. The van der Waals surface area contributed by atoms with E-state index in [2.05, 4.69) is 65.4 Å². The van der Waals surface area contributed by atoms with Crippen molar-refractivity contribution in [2.24, 2.45) is 5.92 Å². The number of halogens is 2. The molecule has 0 fully saturated rings. The van der Waals surface area contributed by atoms with Gasteiger partial charge in [-0.05, 0) is 45.6 Å². The number of hydrogen-bond donors (Lipinski definition) is 1. The maximum atomic E-state index is 6.05. The summed E-state index contributed by atoms with van der Waals surface area (Å²) in [4.78, 5) is 0. The van der Waals surface area contributed by atoms with E-state index in [0.29, 0.717) is 11.8 Å². The molecule has 0 saturated heterocycles. The van der Waals surface area contributed by atoms with Crippen molar-refractivity contribution in [3.8, 4) is 0 Å². The van der Waals surface area contributed by atoms with Crippen molar-refractivity contribution >= 4 is 33.2 Å². The van der Waals surface area contributed by atoms with Crippen LogP contribution in [0.2, 0.25) is 5.02 Å². The maximum absolute atomic E-state index is 6.05. The third kappa shape index (κ3) is 4.00. The number of rotatable bonds is 5. The lowest BCUT2D eigenvalue weighted by Crippen LogP contribution is -2.17. The first-order valence-corrected chi connectivity index (χ1v) is 7.99. The van der Waals surface area contributed by atoms with E-state index in [1.807, 2.05) is 18.2 Å².